The second kappa shape index (κ2) is 9.07. The van der Waals surface area contributed by atoms with Crippen molar-refractivity contribution in [2.24, 2.45) is 5.10 Å². The highest BCUT2D eigenvalue weighted by Crippen LogP contribution is 2.31. The average Bonchev–Trinajstić information content (AvgIpc) is 2.65. The lowest BCUT2D eigenvalue weighted by molar-refractivity contribution is -0.379. The summed E-state index contributed by atoms with van der Waals surface area (Å²) in [6, 6.07) is 7.39. The third kappa shape index (κ3) is 4.78. The first-order chi connectivity index (χ1) is 12.3. The SMILES string of the molecule is CCCOc1ccc(/C(C)=N/NC(=O)c2[nH+]c(Cl)c(Cl)c(N)c2Cl)cc1. The molecule has 2 aromatic rings. The molecule has 6 nitrogen and oxygen atoms in total. The molecule has 0 aliphatic heterocycles. The molecule has 1 amide bonds. The Morgan fingerprint density at radius 3 is 2.50 bits per heavy atom. The second-order valence-electron chi connectivity index (χ2n) is 5.37. The molecule has 0 saturated heterocycles. The summed E-state index contributed by atoms with van der Waals surface area (Å²) >= 11 is 17.8. The number of carbonyl (C=O) groups excluding carboxylic acids is 1. The van der Waals surface area contributed by atoms with E-state index in [1.807, 2.05) is 31.2 Å². The van der Waals surface area contributed by atoms with Crippen LogP contribution in [0.2, 0.25) is 15.2 Å². The van der Waals surface area contributed by atoms with Crippen LogP contribution < -0.4 is 20.9 Å². The molecule has 0 aliphatic carbocycles. The van der Waals surface area contributed by atoms with Crippen LogP contribution in [-0.4, -0.2) is 18.2 Å². The van der Waals surface area contributed by atoms with Crippen LogP contribution in [-0.2, 0) is 0 Å². The first-order valence-electron chi connectivity index (χ1n) is 7.78. The number of ether oxygens (including phenoxy) is 1. The molecule has 0 saturated carbocycles. The van der Waals surface area contributed by atoms with Crippen molar-refractivity contribution in [3.8, 4) is 5.75 Å². The molecular weight excluding hydrogens is 399 g/mol. The Kier molecular flexibility index (Phi) is 7.08. The van der Waals surface area contributed by atoms with Gasteiger partial charge in [0.25, 0.3) is 10.8 Å². The predicted molar refractivity (Wildman–Crippen MR) is 104 cm³/mol. The molecular formula is C17H18Cl3N4O2+. The van der Waals surface area contributed by atoms with E-state index in [1.54, 1.807) is 6.92 Å². The maximum atomic E-state index is 12.3. The largest absolute Gasteiger partial charge is 0.494 e. The zero-order valence-corrected chi connectivity index (χ0v) is 16.5. The molecule has 138 valence electrons. The van der Waals surface area contributed by atoms with Crippen molar-refractivity contribution >= 4 is 52.1 Å². The van der Waals surface area contributed by atoms with Crippen LogP contribution in [0.25, 0.3) is 0 Å². The van der Waals surface area contributed by atoms with Crippen molar-refractivity contribution in [2.75, 3.05) is 12.3 Å². The fourth-order valence-electron chi connectivity index (χ4n) is 1.99. The summed E-state index contributed by atoms with van der Waals surface area (Å²) in [4.78, 5) is 14.9. The number of aromatic amines is 1. The van der Waals surface area contributed by atoms with Gasteiger partial charge in [0.2, 0.25) is 0 Å². The number of carbonyl (C=O) groups is 1. The zero-order valence-electron chi connectivity index (χ0n) is 14.2. The number of rotatable bonds is 6. The molecule has 0 fully saturated rings. The van der Waals surface area contributed by atoms with Gasteiger partial charge in [0.1, 0.15) is 15.8 Å². The molecule has 0 bridgehead atoms. The molecule has 0 spiro atoms. The van der Waals surface area contributed by atoms with Gasteiger partial charge in [0.15, 0.2) is 0 Å². The number of nitrogens with one attached hydrogen (secondary N) is 2. The number of pyridine rings is 1. The minimum absolute atomic E-state index is 0.0158. The molecule has 9 heteroatoms. The van der Waals surface area contributed by atoms with E-state index in [9.17, 15) is 4.79 Å². The summed E-state index contributed by atoms with van der Waals surface area (Å²) < 4.78 is 5.53. The maximum absolute atomic E-state index is 12.3. The number of benzene rings is 1. The van der Waals surface area contributed by atoms with Crippen LogP contribution in [0.1, 0.15) is 36.3 Å². The number of hydrogen-bond acceptors (Lipinski definition) is 4. The molecule has 1 heterocycles. The fourth-order valence-corrected chi connectivity index (χ4v) is 2.61. The van der Waals surface area contributed by atoms with Crippen molar-refractivity contribution in [3.63, 3.8) is 0 Å². The molecule has 0 atom stereocenters. The number of nitrogens with zero attached hydrogens (tertiary/aromatic N) is 1. The molecule has 0 unspecified atom stereocenters. The lowest BCUT2D eigenvalue weighted by Gasteiger charge is -2.06. The van der Waals surface area contributed by atoms with Gasteiger partial charge >= 0.3 is 5.91 Å². The first-order valence-corrected chi connectivity index (χ1v) is 8.91. The summed E-state index contributed by atoms with van der Waals surface area (Å²) in [6.45, 7) is 4.46. The predicted octanol–water partition coefficient (Wildman–Crippen LogP) is 3.99. The van der Waals surface area contributed by atoms with E-state index < -0.39 is 5.91 Å². The summed E-state index contributed by atoms with van der Waals surface area (Å²) in [5.74, 6) is 0.183. The fraction of sp³-hybridized carbons (Fsp3) is 0.235. The Morgan fingerprint density at radius 2 is 1.88 bits per heavy atom. The van der Waals surface area contributed by atoms with Gasteiger partial charge in [-0.3, -0.25) is 4.79 Å². The van der Waals surface area contributed by atoms with Gasteiger partial charge in [0.05, 0.1) is 18.0 Å². The van der Waals surface area contributed by atoms with Crippen molar-refractivity contribution in [3.05, 3.63) is 50.7 Å². The maximum Gasteiger partial charge on any atom is 0.337 e. The molecule has 4 N–H and O–H groups in total. The Balaban J connectivity index is 2.12. The monoisotopic (exact) mass is 415 g/mol. The summed E-state index contributed by atoms with van der Waals surface area (Å²) in [5.41, 5.74) is 9.55. The smallest absolute Gasteiger partial charge is 0.337 e. The van der Waals surface area contributed by atoms with Crippen LogP contribution in [0, 0.1) is 0 Å². The molecule has 2 rings (SSSR count). The summed E-state index contributed by atoms with van der Waals surface area (Å²) in [5, 5.41) is 4.11. The van der Waals surface area contributed by atoms with Crippen LogP contribution >= 0.6 is 34.8 Å². The lowest BCUT2D eigenvalue weighted by atomic mass is 10.1. The van der Waals surface area contributed by atoms with Gasteiger partial charge in [-0.15, -0.1) is 0 Å². The first kappa shape index (κ1) is 20.3. The van der Waals surface area contributed by atoms with Crippen LogP contribution in [0.5, 0.6) is 5.75 Å². The summed E-state index contributed by atoms with van der Waals surface area (Å²) in [7, 11) is 0. The van der Waals surface area contributed by atoms with E-state index in [-0.39, 0.29) is 26.6 Å². The highest BCUT2D eigenvalue weighted by atomic mass is 35.5. The van der Waals surface area contributed by atoms with E-state index >= 15 is 0 Å². The number of amides is 1. The topological polar surface area (TPSA) is 90.8 Å². The minimum Gasteiger partial charge on any atom is -0.494 e. The van der Waals surface area contributed by atoms with Crippen molar-refractivity contribution < 1.29 is 14.5 Å². The molecule has 0 radical (unpaired) electrons. The van der Waals surface area contributed by atoms with Crippen LogP contribution in [0.4, 0.5) is 5.69 Å². The normalized spacial score (nSPS) is 11.3. The number of aromatic nitrogens is 1. The zero-order chi connectivity index (χ0) is 19.3. The van der Waals surface area contributed by atoms with E-state index in [2.05, 4.69) is 15.5 Å². The highest BCUT2D eigenvalue weighted by Gasteiger charge is 2.25. The number of nitrogen functional groups attached to an aromatic ring is 1. The standard InChI is InChI=1S/C17H17Cl3N4O2/c1-3-8-26-11-6-4-10(5-7-11)9(2)23-24-17(25)15-12(18)14(21)13(19)16(20)22-15/h4-7H,3,8H2,1-2H3,(H2,21,22)(H,24,25)/p+1/b23-9+. The van der Waals surface area contributed by atoms with Crippen molar-refractivity contribution in [1.82, 2.24) is 5.43 Å². The number of H-pyrrole nitrogens is 1. The van der Waals surface area contributed by atoms with Gasteiger partial charge in [-0.25, -0.2) is 5.43 Å². The molecule has 26 heavy (non-hydrogen) atoms. The molecule has 1 aromatic carbocycles. The van der Waals surface area contributed by atoms with E-state index in [1.165, 1.54) is 0 Å². The van der Waals surface area contributed by atoms with Crippen LogP contribution in [0.3, 0.4) is 0 Å². The number of anilines is 1. The van der Waals surface area contributed by atoms with Crippen molar-refractivity contribution in [2.45, 2.75) is 20.3 Å². The Hall–Kier alpha value is -2.02. The number of nitrogens with two attached hydrogens (primary N) is 1. The van der Waals surface area contributed by atoms with E-state index in [0.717, 1.165) is 17.7 Å². The number of halogens is 3. The van der Waals surface area contributed by atoms with E-state index in [0.29, 0.717) is 12.3 Å². The van der Waals surface area contributed by atoms with Gasteiger partial charge < -0.3 is 10.5 Å². The Labute approximate surface area is 166 Å². The lowest BCUT2D eigenvalue weighted by Crippen LogP contribution is -2.29. The number of hydrogen-bond donors (Lipinski definition) is 2. The molecule has 1 aromatic heterocycles. The quantitative estimate of drug-likeness (QED) is 0.424. The molecule has 0 aliphatic rings. The average molecular weight is 417 g/mol. The van der Waals surface area contributed by atoms with Gasteiger partial charge in [-0.05, 0) is 54.8 Å². The minimum atomic E-state index is -0.595. The van der Waals surface area contributed by atoms with Crippen molar-refractivity contribution in [1.29, 1.82) is 0 Å². The van der Waals surface area contributed by atoms with Crippen LogP contribution in [0.15, 0.2) is 29.4 Å². The summed E-state index contributed by atoms with van der Waals surface area (Å²) in [6.07, 6.45) is 0.938. The Bertz CT molecular complexity index is 839. The van der Waals surface area contributed by atoms with E-state index in [4.69, 9.17) is 45.3 Å². The number of hydrazone groups is 1. The Morgan fingerprint density at radius 1 is 1.23 bits per heavy atom. The third-order valence-corrected chi connectivity index (χ3v) is 4.58. The van der Waals surface area contributed by atoms with Gasteiger partial charge in [0, 0.05) is 0 Å². The second-order valence-corrected chi connectivity index (χ2v) is 6.50. The highest BCUT2D eigenvalue weighted by molar-refractivity contribution is 6.45. The van der Waals surface area contributed by atoms with Gasteiger partial charge in [-0.1, -0.05) is 30.1 Å². The van der Waals surface area contributed by atoms with Gasteiger partial charge in [-0.2, -0.15) is 10.1 Å². The third-order valence-electron chi connectivity index (χ3n) is 3.42.